The standard InChI is InChI=1S/C13H15F5N2OS/c1-11(5-13(16,17)18)9(21)20-10(22-11)19-8-3-7-2-6(8)4-12(7,14)15/h6-8H,2-5H2,1H3,(H,19,20,21)/t6-,7-,8+,11+/m1/s1. The molecular weight excluding hydrogens is 327 g/mol. The average molecular weight is 342 g/mol. The number of hydrogen-bond donors (Lipinski definition) is 1. The molecule has 0 spiro atoms. The van der Waals surface area contributed by atoms with E-state index in [1.54, 1.807) is 0 Å². The minimum atomic E-state index is -4.46. The molecule has 0 aromatic heterocycles. The van der Waals surface area contributed by atoms with Gasteiger partial charge in [-0.15, -0.1) is 0 Å². The minimum Gasteiger partial charge on any atom is -0.361 e. The lowest BCUT2D eigenvalue weighted by atomic mass is 9.92. The summed E-state index contributed by atoms with van der Waals surface area (Å²) in [7, 11) is 0. The molecule has 2 bridgehead atoms. The molecule has 0 aromatic carbocycles. The highest BCUT2D eigenvalue weighted by molar-refractivity contribution is 8.16. The molecule has 1 N–H and O–H groups in total. The Kier molecular flexibility index (Phi) is 3.51. The molecule has 2 aliphatic carbocycles. The Morgan fingerprint density at radius 1 is 1.36 bits per heavy atom. The van der Waals surface area contributed by atoms with E-state index in [1.165, 1.54) is 6.92 Å². The van der Waals surface area contributed by atoms with E-state index in [-0.39, 0.29) is 30.0 Å². The molecule has 9 heteroatoms. The molecule has 4 atom stereocenters. The number of nitrogens with one attached hydrogen (secondary N) is 1. The van der Waals surface area contributed by atoms with Crippen molar-refractivity contribution < 1.29 is 26.7 Å². The van der Waals surface area contributed by atoms with Gasteiger partial charge in [-0.2, -0.15) is 18.2 Å². The molecule has 1 amide bonds. The normalized spacial score (nSPS) is 40.2. The van der Waals surface area contributed by atoms with Gasteiger partial charge in [0.15, 0.2) is 5.17 Å². The second kappa shape index (κ2) is 4.82. The summed E-state index contributed by atoms with van der Waals surface area (Å²) in [4.78, 5) is 15.4. The van der Waals surface area contributed by atoms with E-state index in [0.717, 1.165) is 11.8 Å². The fourth-order valence-electron chi connectivity index (χ4n) is 3.59. The van der Waals surface area contributed by atoms with Crippen molar-refractivity contribution >= 4 is 22.8 Å². The Labute approximate surface area is 128 Å². The van der Waals surface area contributed by atoms with Crippen LogP contribution in [0.2, 0.25) is 0 Å². The van der Waals surface area contributed by atoms with Crippen molar-refractivity contribution in [1.82, 2.24) is 5.32 Å². The molecule has 2 saturated carbocycles. The number of alkyl halides is 5. The Bertz CT molecular complexity index is 535. The monoisotopic (exact) mass is 342 g/mol. The van der Waals surface area contributed by atoms with Crippen LogP contribution in [0.15, 0.2) is 4.99 Å². The van der Waals surface area contributed by atoms with E-state index < -0.39 is 35.1 Å². The van der Waals surface area contributed by atoms with Crippen LogP contribution in [-0.4, -0.2) is 34.0 Å². The maximum Gasteiger partial charge on any atom is 0.390 e. The predicted octanol–water partition coefficient (Wildman–Crippen LogP) is 3.35. The van der Waals surface area contributed by atoms with Crippen molar-refractivity contribution in [1.29, 1.82) is 0 Å². The third-order valence-corrected chi connectivity index (χ3v) is 5.82. The van der Waals surface area contributed by atoms with Gasteiger partial charge in [0, 0.05) is 18.4 Å². The average Bonchev–Trinajstić information content (AvgIpc) is 2.88. The molecule has 1 aliphatic heterocycles. The predicted molar refractivity (Wildman–Crippen MR) is 71.8 cm³/mol. The van der Waals surface area contributed by atoms with Crippen LogP contribution < -0.4 is 5.32 Å². The number of carbonyl (C=O) groups is 1. The summed E-state index contributed by atoms with van der Waals surface area (Å²) in [6.45, 7) is 1.21. The van der Waals surface area contributed by atoms with E-state index >= 15 is 0 Å². The maximum atomic E-state index is 13.5. The quantitative estimate of drug-likeness (QED) is 0.783. The first-order chi connectivity index (χ1) is 9.98. The third-order valence-electron chi connectivity index (χ3n) is 4.65. The first-order valence-electron chi connectivity index (χ1n) is 7.02. The summed E-state index contributed by atoms with van der Waals surface area (Å²) in [5.74, 6) is -4.37. The van der Waals surface area contributed by atoms with Crippen molar-refractivity contribution in [3.05, 3.63) is 0 Å². The number of nitrogens with zero attached hydrogens (tertiary/aromatic N) is 1. The Balaban J connectivity index is 1.62. The molecule has 0 saturated heterocycles. The lowest BCUT2D eigenvalue weighted by Gasteiger charge is -2.29. The van der Waals surface area contributed by atoms with Crippen molar-refractivity contribution in [3.8, 4) is 0 Å². The molecular formula is C13H15F5N2OS. The molecule has 0 unspecified atom stereocenters. The number of thioether (sulfide) groups is 1. The van der Waals surface area contributed by atoms with Gasteiger partial charge >= 0.3 is 6.18 Å². The zero-order valence-electron chi connectivity index (χ0n) is 11.7. The molecule has 3 aliphatic rings. The van der Waals surface area contributed by atoms with E-state index in [0.29, 0.717) is 6.42 Å². The number of halogens is 5. The van der Waals surface area contributed by atoms with Gasteiger partial charge in [0.25, 0.3) is 11.8 Å². The van der Waals surface area contributed by atoms with Gasteiger partial charge in [-0.05, 0) is 25.7 Å². The Hall–Kier alpha value is -0.860. The van der Waals surface area contributed by atoms with Crippen LogP contribution in [0.25, 0.3) is 0 Å². The van der Waals surface area contributed by atoms with Gasteiger partial charge in [0.1, 0.15) is 4.75 Å². The lowest BCUT2D eigenvalue weighted by Crippen LogP contribution is -2.41. The summed E-state index contributed by atoms with van der Waals surface area (Å²) >= 11 is 0.744. The van der Waals surface area contributed by atoms with Crippen molar-refractivity contribution in [3.63, 3.8) is 0 Å². The van der Waals surface area contributed by atoms with E-state index in [9.17, 15) is 26.7 Å². The summed E-state index contributed by atoms with van der Waals surface area (Å²) < 4.78 is 62.9. The van der Waals surface area contributed by atoms with Crippen molar-refractivity contribution in [2.24, 2.45) is 16.8 Å². The van der Waals surface area contributed by atoms with Crippen molar-refractivity contribution in [2.75, 3.05) is 0 Å². The Morgan fingerprint density at radius 3 is 2.55 bits per heavy atom. The highest BCUT2D eigenvalue weighted by Crippen LogP contribution is 2.54. The highest BCUT2D eigenvalue weighted by Gasteiger charge is 2.57. The largest absolute Gasteiger partial charge is 0.390 e. The third kappa shape index (κ3) is 2.83. The zero-order chi connectivity index (χ0) is 16.3. The van der Waals surface area contributed by atoms with Crippen molar-refractivity contribution in [2.45, 2.75) is 55.5 Å². The molecule has 2 fully saturated rings. The van der Waals surface area contributed by atoms with Crippen LogP contribution in [0.5, 0.6) is 0 Å². The molecule has 0 aromatic rings. The van der Waals surface area contributed by atoms with Crippen LogP contribution in [0.4, 0.5) is 22.0 Å². The second-order valence-electron chi connectivity index (χ2n) is 6.49. The molecule has 1 heterocycles. The number of carbonyl (C=O) groups excluding carboxylic acids is 1. The zero-order valence-corrected chi connectivity index (χ0v) is 12.5. The lowest BCUT2D eigenvalue weighted by molar-refractivity contribution is -0.147. The SMILES string of the molecule is C[C@@]1(CC(F)(F)F)SC(N[C@H]2C[C@H]3C[C@@H]2CC3(F)F)=NC1=O. The molecule has 3 nitrogen and oxygen atoms in total. The minimum absolute atomic E-state index is 0.123. The number of amidine groups is 1. The van der Waals surface area contributed by atoms with Crippen LogP contribution >= 0.6 is 11.8 Å². The van der Waals surface area contributed by atoms with Gasteiger partial charge in [0.05, 0.1) is 6.42 Å². The maximum absolute atomic E-state index is 13.5. The van der Waals surface area contributed by atoms with E-state index in [2.05, 4.69) is 10.3 Å². The fraction of sp³-hybridized carbons (Fsp3) is 0.846. The van der Waals surface area contributed by atoms with Crippen LogP contribution in [0.1, 0.15) is 32.6 Å². The molecule has 0 radical (unpaired) electrons. The Morgan fingerprint density at radius 2 is 2.05 bits per heavy atom. The van der Waals surface area contributed by atoms with Gasteiger partial charge in [-0.25, -0.2) is 8.78 Å². The first-order valence-corrected chi connectivity index (χ1v) is 7.83. The molecule has 22 heavy (non-hydrogen) atoms. The van der Waals surface area contributed by atoms with Crippen LogP contribution in [0.3, 0.4) is 0 Å². The van der Waals surface area contributed by atoms with Gasteiger partial charge in [-0.1, -0.05) is 11.8 Å². The topological polar surface area (TPSA) is 41.5 Å². The summed E-state index contributed by atoms with van der Waals surface area (Å²) in [5.41, 5.74) is 0. The van der Waals surface area contributed by atoms with E-state index in [4.69, 9.17) is 0 Å². The first kappa shape index (κ1) is 16.0. The van der Waals surface area contributed by atoms with Gasteiger partial charge in [-0.3, -0.25) is 4.79 Å². The van der Waals surface area contributed by atoms with Gasteiger partial charge < -0.3 is 5.32 Å². The molecule has 3 rings (SSSR count). The van der Waals surface area contributed by atoms with Crippen LogP contribution in [0, 0.1) is 11.8 Å². The number of fused-ring (bicyclic) bond motifs is 2. The smallest absolute Gasteiger partial charge is 0.361 e. The number of amides is 1. The van der Waals surface area contributed by atoms with Gasteiger partial charge in [0.2, 0.25) is 0 Å². The highest BCUT2D eigenvalue weighted by atomic mass is 32.2. The molecule has 124 valence electrons. The van der Waals surface area contributed by atoms with Crippen LogP contribution in [-0.2, 0) is 4.79 Å². The summed E-state index contributed by atoms with van der Waals surface area (Å²) in [6.07, 6.45) is -5.25. The number of hydrogen-bond acceptors (Lipinski definition) is 3. The fourth-order valence-corrected chi connectivity index (χ4v) is 4.73. The second-order valence-corrected chi connectivity index (χ2v) is 7.98. The summed E-state index contributed by atoms with van der Waals surface area (Å²) in [6, 6.07) is -0.239. The number of rotatable bonds is 2. The van der Waals surface area contributed by atoms with E-state index in [1.807, 2.05) is 0 Å². The number of aliphatic imine (C=N–C) groups is 1. The summed E-state index contributed by atoms with van der Waals surface area (Å²) in [5, 5.41) is 3.03.